The molecule has 1 aromatic rings. The van der Waals surface area contributed by atoms with Gasteiger partial charge in [-0.2, -0.15) is 0 Å². The van der Waals surface area contributed by atoms with Gasteiger partial charge in [-0.3, -0.25) is 4.79 Å². The van der Waals surface area contributed by atoms with Crippen molar-refractivity contribution < 1.29 is 9.90 Å². The fourth-order valence-electron chi connectivity index (χ4n) is 2.88. The third kappa shape index (κ3) is 3.32. The molecule has 1 N–H and O–H groups in total. The monoisotopic (exact) mass is 282 g/mol. The molecule has 1 heterocycles. The van der Waals surface area contributed by atoms with Crippen LogP contribution in [-0.4, -0.2) is 26.4 Å². The van der Waals surface area contributed by atoms with Gasteiger partial charge in [0.1, 0.15) is 0 Å². The highest BCUT2D eigenvalue weighted by Crippen LogP contribution is 2.45. The number of aliphatic carboxylic acids is 1. The Morgan fingerprint density at radius 2 is 2.37 bits per heavy atom. The molecule has 0 saturated heterocycles. The predicted octanol–water partition coefficient (Wildman–Crippen LogP) is 3.37. The van der Waals surface area contributed by atoms with Crippen LogP contribution in [0, 0.1) is 5.41 Å². The first-order valence-corrected chi connectivity index (χ1v) is 7.82. The second-order valence-electron chi connectivity index (χ2n) is 6.00. The number of nitrogens with zero attached hydrogens (tertiary/aromatic N) is 2. The number of aryl methyl sites for hydroxylation is 1. The highest BCUT2D eigenvalue weighted by molar-refractivity contribution is 7.99. The lowest BCUT2D eigenvalue weighted by Crippen LogP contribution is -2.13. The van der Waals surface area contributed by atoms with Crippen LogP contribution in [0.4, 0.5) is 0 Å². The van der Waals surface area contributed by atoms with Gasteiger partial charge in [-0.25, -0.2) is 4.98 Å². The maximum atomic E-state index is 10.7. The normalized spacial score (nSPS) is 21.7. The first-order valence-electron chi connectivity index (χ1n) is 6.83. The molecule has 0 bridgehead atoms. The number of carboxylic acid groups (broad SMARTS) is 1. The average Bonchev–Trinajstić information content (AvgIpc) is 2.88. The topological polar surface area (TPSA) is 55.1 Å². The summed E-state index contributed by atoms with van der Waals surface area (Å²) in [5.41, 5.74) is 1.60. The van der Waals surface area contributed by atoms with Gasteiger partial charge in [-0.1, -0.05) is 32.5 Å². The van der Waals surface area contributed by atoms with Crippen molar-refractivity contribution in [3.05, 3.63) is 11.9 Å². The van der Waals surface area contributed by atoms with Crippen LogP contribution in [0.15, 0.2) is 11.4 Å². The lowest BCUT2D eigenvalue weighted by atomic mass is 9.92. The highest BCUT2D eigenvalue weighted by Gasteiger charge is 2.33. The number of carbonyl (C=O) groups is 1. The standard InChI is InChI=1S/C14H22N2O2S/c1-4-10-8-15-13(19-9-12(17)18)16(10)11-5-6-14(2,3)7-11/h8,11H,4-7,9H2,1-3H3,(H,17,18). The average molecular weight is 282 g/mol. The van der Waals surface area contributed by atoms with Gasteiger partial charge in [0.15, 0.2) is 5.16 Å². The summed E-state index contributed by atoms with van der Waals surface area (Å²) in [6.07, 6.45) is 6.38. The third-order valence-corrected chi connectivity index (χ3v) is 4.79. The molecule has 0 aliphatic heterocycles. The van der Waals surface area contributed by atoms with Crippen molar-refractivity contribution >= 4 is 17.7 Å². The van der Waals surface area contributed by atoms with Crippen LogP contribution >= 0.6 is 11.8 Å². The number of carboxylic acids is 1. The van der Waals surface area contributed by atoms with Gasteiger partial charge in [-0.05, 0) is 31.1 Å². The van der Waals surface area contributed by atoms with Crippen molar-refractivity contribution in [3.8, 4) is 0 Å². The molecule has 1 fully saturated rings. The molecule has 106 valence electrons. The Bertz CT molecular complexity index is 468. The Labute approximate surface area is 118 Å². The molecule has 1 saturated carbocycles. The number of rotatable bonds is 5. The summed E-state index contributed by atoms with van der Waals surface area (Å²) in [6.45, 7) is 6.73. The van der Waals surface area contributed by atoms with E-state index < -0.39 is 5.97 Å². The number of aromatic nitrogens is 2. The number of hydrogen-bond donors (Lipinski definition) is 1. The molecular weight excluding hydrogens is 260 g/mol. The van der Waals surface area contributed by atoms with E-state index >= 15 is 0 Å². The minimum Gasteiger partial charge on any atom is -0.481 e. The fraction of sp³-hybridized carbons (Fsp3) is 0.714. The lowest BCUT2D eigenvalue weighted by molar-refractivity contribution is -0.133. The first kappa shape index (κ1) is 14.4. The van der Waals surface area contributed by atoms with Crippen molar-refractivity contribution in [1.82, 2.24) is 9.55 Å². The summed E-state index contributed by atoms with van der Waals surface area (Å²) in [4.78, 5) is 15.1. The van der Waals surface area contributed by atoms with E-state index in [2.05, 4.69) is 30.3 Å². The van der Waals surface area contributed by atoms with E-state index in [1.54, 1.807) is 0 Å². The summed E-state index contributed by atoms with van der Waals surface area (Å²) < 4.78 is 2.28. The van der Waals surface area contributed by atoms with E-state index in [1.807, 2.05) is 6.20 Å². The summed E-state index contributed by atoms with van der Waals surface area (Å²) >= 11 is 1.33. The number of hydrogen-bond acceptors (Lipinski definition) is 3. The van der Waals surface area contributed by atoms with Crippen molar-refractivity contribution in [1.29, 1.82) is 0 Å². The van der Waals surface area contributed by atoms with Gasteiger partial charge in [0.2, 0.25) is 0 Å². The van der Waals surface area contributed by atoms with Crippen LogP contribution in [0.25, 0.3) is 0 Å². The molecule has 1 unspecified atom stereocenters. The molecule has 19 heavy (non-hydrogen) atoms. The van der Waals surface area contributed by atoms with Crippen molar-refractivity contribution in [2.24, 2.45) is 5.41 Å². The number of thioether (sulfide) groups is 1. The molecule has 0 radical (unpaired) electrons. The molecule has 4 nitrogen and oxygen atoms in total. The van der Waals surface area contributed by atoms with Crippen molar-refractivity contribution in [2.75, 3.05) is 5.75 Å². The van der Waals surface area contributed by atoms with Crippen LogP contribution in [0.3, 0.4) is 0 Å². The molecular formula is C14H22N2O2S. The summed E-state index contributed by atoms with van der Waals surface area (Å²) in [5.74, 6) is -0.708. The molecule has 0 aromatic carbocycles. The smallest absolute Gasteiger partial charge is 0.313 e. The Morgan fingerprint density at radius 3 is 2.89 bits per heavy atom. The van der Waals surface area contributed by atoms with E-state index in [0.29, 0.717) is 11.5 Å². The molecule has 1 atom stereocenters. The Kier molecular flexibility index (Phi) is 4.23. The Balaban J connectivity index is 2.22. The molecule has 0 spiro atoms. The minimum absolute atomic E-state index is 0.0796. The second-order valence-corrected chi connectivity index (χ2v) is 6.94. The molecule has 1 aliphatic rings. The van der Waals surface area contributed by atoms with Gasteiger partial charge in [0.05, 0.1) is 5.75 Å². The first-order chi connectivity index (χ1) is 8.93. The highest BCUT2D eigenvalue weighted by atomic mass is 32.2. The zero-order chi connectivity index (χ0) is 14.0. The molecule has 1 aromatic heterocycles. The Morgan fingerprint density at radius 1 is 1.63 bits per heavy atom. The van der Waals surface area contributed by atoms with E-state index in [9.17, 15) is 4.79 Å². The summed E-state index contributed by atoms with van der Waals surface area (Å²) in [5, 5.41) is 9.68. The summed E-state index contributed by atoms with van der Waals surface area (Å²) in [7, 11) is 0. The maximum absolute atomic E-state index is 10.7. The van der Waals surface area contributed by atoms with Crippen LogP contribution in [0.2, 0.25) is 0 Å². The van der Waals surface area contributed by atoms with Crippen LogP contribution in [-0.2, 0) is 11.2 Å². The van der Waals surface area contributed by atoms with Gasteiger partial charge >= 0.3 is 5.97 Å². The zero-order valence-corrected chi connectivity index (χ0v) is 12.7. The lowest BCUT2D eigenvalue weighted by Gasteiger charge is -2.21. The largest absolute Gasteiger partial charge is 0.481 e. The van der Waals surface area contributed by atoms with Gasteiger partial charge in [0, 0.05) is 17.9 Å². The van der Waals surface area contributed by atoms with E-state index in [1.165, 1.54) is 23.9 Å². The zero-order valence-electron chi connectivity index (χ0n) is 11.8. The van der Waals surface area contributed by atoms with Crippen molar-refractivity contribution in [2.45, 2.75) is 57.7 Å². The molecule has 1 aliphatic carbocycles. The number of imidazole rings is 1. The molecule has 5 heteroatoms. The molecule has 0 amide bonds. The van der Waals surface area contributed by atoms with E-state index in [-0.39, 0.29) is 5.75 Å². The van der Waals surface area contributed by atoms with Crippen LogP contribution in [0.5, 0.6) is 0 Å². The minimum atomic E-state index is -0.788. The molecule has 2 rings (SSSR count). The quantitative estimate of drug-likeness (QED) is 0.841. The SMILES string of the molecule is CCc1cnc(SCC(=O)O)n1C1CCC(C)(C)C1. The van der Waals surface area contributed by atoms with Gasteiger partial charge in [0.25, 0.3) is 0 Å². The van der Waals surface area contributed by atoms with Crippen molar-refractivity contribution in [3.63, 3.8) is 0 Å². The van der Waals surface area contributed by atoms with Crippen LogP contribution in [0.1, 0.15) is 51.8 Å². The summed E-state index contributed by atoms with van der Waals surface area (Å²) in [6, 6.07) is 0.476. The predicted molar refractivity (Wildman–Crippen MR) is 76.6 cm³/mol. The van der Waals surface area contributed by atoms with Gasteiger partial charge in [-0.15, -0.1) is 0 Å². The Hall–Kier alpha value is -0.970. The second kappa shape index (κ2) is 5.57. The van der Waals surface area contributed by atoms with Gasteiger partial charge < -0.3 is 9.67 Å². The maximum Gasteiger partial charge on any atom is 0.313 e. The fourth-order valence-corrected chi connectivity index (χ4v) is 3.67. The van der Waals surface area contributed by atoms with E-state index in [4.69, 9.17) is 5.11 Å². The van der Waals surface area contributed by atoms with Crippen LogP contribution < -0.4 is 0 Å². The third-order valence-electron chi connectivity index (χ3n) is 3.83. The van der Waals surface area contributed by atoms with E-state index in [0.717, 1.165) is 24.4 Å².